The summed E-state index contributed by atoms with van der Waals surface area (Å²) in [7, 11) is 0. The van der Waals surface area contributed by atoms with Gasteiger partial charge in [0.05, 0.1) is 6.04 Å². The van der Waals surface area contributed by atoms with Crippen molar-refractivity contribution in [3.05, 3.63) is 28.8 Å². The van der Waals surface area contributed by atoms with Crippen LogP contribution in [0.1, 0.15) is 54.9 Å². The van der Waals surface area contributed by atoms with Gasteiger partial charge in [-0.1, -0.05) is 18.6 Å². The number of aryl methyl sites for hydroxylation is 1. The van der Waals surface area contributed by atoms with Crippen LogP contribution in [0.5, 0.6) is 5.75 Å². The van der Waals surface area contributed by atoms with Gasteiger partial charge in [0.25, 0.3) is 0 Å². The van der Waals surface area contributed by atoms with Crippen molar-refractivity contribution in [3.8, 4) is 5.75 Å². The maximum Gasteiger partial charge on any atom is 0.129 e. The third-order valence-electron chi connectivity index (χ3n) is 4.98. The molecular formula is C16H24ClNO2. The van der Waals surface area contributed by atoms with E-state index in [9.17, 15) is 5.11 Å². The molecule has 0 saturated heterocycles. The number of ether oxygens (including phenoxy) is 1. The highest BCUT2D eigenvalue weighted by Crippen LogP contribution is 2.47. The molecule has 1 aliphatic carbocycles. The quantitative estimate of drug-likeness (QED) is 0.773. The van der Waals surface area contributed by atoms with Gasteiger partial charge >= 0.3 is 0 Å². The fourth-order valence-corrected chi connectivity index (χ4v) is 3.52. The molecule has 2 aliphatic rings. The summed E-state index contributed by atoms with van der Waals surface area (Å²) in [5.41, 5.74) is 9.15. The van der Waals surface area contributed by atoms with Crippen LogP contribution < -0.4 is 10.5 Å². The third-order valence-corrected chi connectivity index (χ3v) is 4.98. The van der Waals surface area contributed by atoms with Crippen molar-refractivity contribution in [1.29, 1.82) is 0 Å². The zero-order chi connectivity index (χ0) is 13.6. The van der Waals surface area contributed by atoms with Crippen molar-refractivity contribution in [1.82, 2.24) is 0 Å². The molecule has 2 unspecified atom stereocenters. The Kier molecular flexibility index (Phi) is 4.33. The maximum absolute atomic E-state index is 10.6. The lowest BCUT2D eigenvalue weighted by atomic mass is 9.74. The van der Waals surface area contributed by atoms with Crippen LogP contribution in [0.3, 0.4) is 0 Å². The Morgan fingerprint density at radius 2 is 1.85 bits per heavy atom. The van der Waals surface area contributed by atoms with Crippen LogP contribution in [0.2, 0.25) is 0 Å². The monoisotopic (exact) mass is 297 g/mol. The first-order valence-electron chi connectivity index (χ1n) is 7.28. The zero-order valence-corrected chi connectivity index (χ0v) is 13.0. The highest BCUT2D eigenvalue weighted by Gasteiger charge is 2.48. The van der Waals surface area contributed by atoms with Crippen LogP contribution in [0, 0.1) is 13.8 Å². The topological polar surface area (TPSA) is 55.5 Å². The Balaban J connectivity index is 0.00000147. The standard InChI is InChI=1S/C16H23NO2.ClH/c1-10-6-7-12-13(18)15(17)16(8-4-3-5-9-16)19-14(12)11(10)2;/h6-7,13,15,18H,3-5,8-9,17H2,1-2H3;1H. The van der Waals surface area contributed by atoms with E-state index in [4.69, 9.17) is 10.5 Å². The van der Waals surface area contributed by atoms with E-state index in [1.807, 2.05) is 12.1 Å². The fraction of sp³-hybridized carbons (Fsp3) is 0.625. The van der Waals surface area contributed by atoms with Crippen LogP contribution in [-0.4, -0.2) is 16.7 Å². The summed E-state index contributed by atoms with van der Waals surface area (Å²) in [5.74, 6) is 0.871. The number of fused-ring (bicyclic) bond motifs is 1. The van der Waals surface area contributed by atoms with Crippen LogP contribution >= 0.6 is 12.4 Å². The van der Waals surface area contributed by atoms with Crippen molar-refractivity contribution >= 4 is 12.4 Å². The minimum Gasteiger partial charge on any atom is -0.485 e. The number of benzene rings is 1. The van der Waals surface area contributed by atoms with Gasteiger partial charge in [0.15, 0.2) is 0 Å². The van der Waals surface area contributed by atoms with Crippen molar-refractivity contribution in [2.45, 2.75) is 63.7 Å². The summed E-state index contributed by atoms with van der Waals surface area (Å²) in [6, 6.07) is 3.67. The minimum absolute atomic E-state index is 0. The lowest BCUT2D eigenvalue weighted by Crippen LogP contribution is -2.58. The van der Waals surface area contributed by atoms with Crippen LogP contribution in [0.25, 0.3) is 0 Å². The lowest BCUT2D eigenvalue weighted by molar-refractivity contribution is -0.0587. The third kappa shape index (κ3) is 2.22. The Hall–Kier alpha value is -0.770. The largest absolute Gasteiger partial charge is 0.485 e. The van der Waals surface area contributed by atoms with E-state index in [0.717, 1.165) is 42.6 Å². The minimum atomic E-state index is -0.610. The Bertz CT molecular complexity index is 497. The van der Waals surface area contributed by atoms with E-state index in [0.29, 0.717) is 0 Å². The summed E-state index contributed by atoms with van der Waals surface area (Å²) in [6.07, 6.45) is 4.83. The van der Waals surface area contributed by atoms with Gasteiger partial charge in [0, 0.05) is 5.56 Å². The average Bonchev–Trinajstić information content (AvgIpc) is 2.42. The van der Waals surface area contributed by atoms with Crippen LogP contribution in [0.4, 0.5) is 0 Å². The van der Waals surface area contributed by atoms with Gasteiger partial charge in [-0.25, -0.2) is 0 Å². The van der Waals surface area contributed by atoms with Crippen molar-refractivity contribution in [2.24, 2.45) is 5.73 Å². The Labute approximate surface area is 126 Å². The van der Waals surface area contributed by atoms with Gasteiger partial charge in [-0.15, -0.1) is 12.4 Å². The molecule has 0 aromatic heterocycles. The number of halogens is 1. The molecule has 3 nitrogen and oxygen atoms in total. The number of aliphatic hydroxyl groups is 1. The van der Waals surface area contributed by atoms with Crippen molar-refractivity contribution in [2.75, 3.05) is 0 Å². The summed E-state index contributed by atoms with van der Waals surface area (Å²) in [4.78, 5) is 0. The molecule has 1 heterocycles. The molecule has 1 aliphatic heterocycles. The van der Waals surface area contributed by atoms with E-state index in [1.54, 1.807) is 0 Å². The van der Waals surface area contributed by atoms with Gasteiger partial charge in [-0.2, -0.15) is 0 Å². The number of hydrogen-bond acceptors (Lipinski definition) is 3. The normalized spacial score (nSPS) is 27.4. The van der Waals surface area contributed by atoms with Gasteiger partial charge in [-0.05, 0) is 50.7 Å². The molecule has 1 saturated carbocycles. The Morgan fingerprint density at radius 1 is 1.20 bits per heavy atom. The van der Waals surface area contributed by atoms with Crippen molar-refractivity contribution < 1.29 is 9.84 Å². The first kappa shape index (κ1) is 15.6. The summed E-state index contributed by atoms with van der Waals surface area (Å²) >= 11 is 0. The number of aliphatic hydroxyl groups excluding tert-OH is 1. The second kappa shape index (κ2) is 5.55. The molecular weight excluding hydrogens is 274 g/mol. The molecule has 1 aromatic carbocycles. The summed E-state index contributed by atoms with van der Waals surface area (Å²) < 4.78 is 6.37. The highest BCUT2D eigenvalue weighted by molar-refractivity contribution is 5.85. The van der Waals surface area contributed by atoms with Crippen molar-refractivity contribution in [3.63, 3.8) is 0 Å². The fourth-order valence-electron chi connectivity index (χ4n) is 3.52. The predicted molar refractivity (Wildman–Crippen MR) is 82.5 cm³/mol. The molecule has 0 bridgehead atoms. The van der Waals surface area contributed by atoms with E-state index < -0.39 is 6.10 Å². The summed E-state index contributed by atoms with van der Waals surface area (Å²) in [6.45, 7) is 4.14. The Morgan fingerprint density at radius 3 is 2.50 bits per heavy atom. The summed E-state index contributed by atoms with van der Waals surface area (Å²) in [5, 5.41) is 10.6. The second-order valence-electron chi connectivity index (χ2n) is 6.12. The highest BCUT2D eigenvalue weighted by atomic mass is 35.5. The predicted octanol–water partition coefficient (Wildman–Crippen LogP) is 3.18. The molecule has 4 heteroatoms. The second-order valence-corrected chi connectivity index (χ2v) is 6.12. The number of rotatable bonds is 0. The van der Waals surface area contributed by atoms with E-state index in [1.165, 1.54) is 12.0 Å². The lowest BCUT2D eigenvalue weighted by Gasteiger charge is -2.48. The van der Waals surface area contributed by atoms with Gasteiger partial charge < -0.3 is 15.6 Å². The van der Waals surface area contributed by atoms with E-state index in [-0.39, 0.29) is 24.0 Å². The average molecular weight is 298 g/mol. The molecule has 112 valence electrons. The molecule has 2 atom stereocenters. The number of nitrogens with two attached hydrogens (primary N) is 1. The maximum atomic E-state index is 10.6. The molecule has 1 fully saturated rings. The van der Waals surface area contributed by atoms with Gasteiger partial charge in [0.1, 0.15) is 17.5 Å². The number of hydrogen-bond donors (Lipinski definition) is 2. The van der Waals surface area contributed by atoms with E-state index in [2.05, 4.69) is 13.8 Å². The first-order chi connectivity index (χ1) is 9.05. The zero-order valence-electron chi connectivity index (χ0n) is 12.2. The molecule has 0 radical (unpaired) electrons. The molecule has 0 amide bonds. The SMILES string of the molecule is Cc1ccc2c(c1C)OC1(CCCCC1)C(N)C2O.Cl. The van der Waals surface area contributed by atoms with Crippen LogP contribution in [-0.2, 0) is 0 Å². The molecule has 3 rings (SSSR count). The van der Waals surface area contributed by atoms with E-state index >= 15 is 0 Å². The van der Waals surface area contributed by atoms with Gasteiger partial charge in [0.2, 0.25) is 0 Å². The molecule has 1 aromatic rings. The first-order valence-corrected chi connectivity index (χ1v) is 7.28. The smallest absolute Gasteiger partial charge is 0.129 e. The van der Waals surface area contributed by atoms with Gasteiger partial charge in [-0.3, -0.25) is 0 Å². The molecule has 1 spiro atoms. The molecule has 3 N–H and O–H groups in total. The molecule has 20 heavy (non-hydrogen) atoms. The van der Waals surface area contributed by atoms with Crippen LogP contribution in [0.15, 0.2) is 12.1 Å².